The molecule has 0 spiro atoms. The molecule has 2 aromatic rings. The maximum Gasteiger partial charge on any atom is 0.269 e. The Morgan fingerprint density at radius 2 is 1.77 bits per heavy atom. The van der Waals surface area contributed by atoms with Gasteiger partial charge in [-0.25, -0.2) is 0 Å². The van der Waals surface area contributed by atoms with Crippen LogP contribution in [0.4, 0.5) is 11.4 Å². The highest BCUT2D eigenvalue weighted by molar-refractivity contribution is 6.30. The van der Waals surface area contributed by atoms with Crippen LogP contribution in [0.2, 0.25) is 5.02 Å². The van der Waals surface area contributed by atoms with Gasteiger partial charge < -0.3 is 11.1 Å². The zero-order chi connectivity index (χ0) is 16.1. The smallest absolute Gasteiger partial charge is 0.269 e. The minimum atomic E-state index is -0.753. The fourth-order valence-corrected chi connectivity index (χ4v) is 1.99. The van der Waals surface area contributed by atoms with E-state index in [9.17, 15) is 14.9 Å². The van der Waals surface area contributed by atoms with Crippen LogP contribution in [0.1, 0.15) is 5.56 Å². The van der Waals surface area contributed by atoms with Crippen molar-refractivity contribution in [3.63, 3.8) is 0 Å². The van der Waals surface area contributed by atoms with Gasteiger partial charge >= 0.3 is 0 Å². The molecule has 0 saturated heterocycles. The normalized spacial score (nSPS) is 11.7. The predicted molar refractivity (Wildman–Crippen MR) is 84.9 cm³/mol. The number of carbonyl (C=O) groups excluding carboxylic acids is 1. The molecular weight excluding hydrogens is 306 g/mol. The number of non-ortho nitro benzene ring substituents is 1. The highest BCUT2D eigenvalue weighted by Crippen LogP contribution is 2.15. The van der Waals surface area contributed by atoms with Gasteiger partial charge in [0.2, 0.25) is 5.91 Å². The number of halogens is 1. The number of hydrogen-bond donors (Lipinski definition) is 2. The minimum absolute atomic E-state index is 0.00272. The maximum absolute atomic E-state index is 12.0. The first-order valence-electron chi connectivity index (χ1n) is 6.51. The number of benzene rings is 2. The largest absolute Gasteiger partial charge is 0.325 e. The van der Waals surface area contributed by atoms with Gasteiger partial charge in [0.25, 0.3) is 5.69 Å². The van der Waals surface area contributed by atoms with Crippen molar-refractivity contribution < 1.29 is 9.72 Å². The molecule has 0 unspecified atom stereocenters. The van der Waals surface area contributed by atoms with E-state index in [2.05, 4.69) is 5.32 Å². The third-order valence-electron chi connectivity index (χ3n) is 3.05. The Morgan fingerprint density at radius 1 is 1.18 bits per heavy atom. The number of rotatable bonds is 5. The summed E-state index contributed by atoms with van der Waals surface area (Å²) in [7, 11) is 0. The van der Waals surface area contributed by atoms with E-state index in [1.165, 1.54) is 12.1 Å². The van der Waals surface area contributed by atoms with Crippen molar-refractivity contribution in [3.05, 3.63) is 69.2 Å². The summed E-state index contributed by atoms with van der Waals surface area (Å²) in [4.78, 5) is 22.1. The third-order valence-corrected chi connectivity index (χ3v) is 3.30. The van der Waals surface area contributed by atoms with Crippen molar-refractivity contribution >= 4 is 28.9 Å². The van der Waals surface area contributed by atoms with Gasteiger partial charge in [-0.2, -0.15) is 0 Å². The molecule has 2 rings (SSSR count). The van der Waals surface area contributed by atoms with Gasteiger partial charge in [-0.15, -0.1) is 0 Å². The van der Waals surface area contributed by atoms with Gasteiger partial charge in [0, 0.05) is 22.8 Å². The zero-order valence-electron chi connectivity index (χ0n) is 11.5. The molecule has 6 nitrogen and oxygen atoms in total. The van der Waals surface area contributed by atoms with Crippen molar-refractivity contribution in [1.82, 2.24) is 0 Å². The van der Waals surface area contributed by atoms with Crippen LogP contribution in [-0.4, -0.2) is 16.9 Å². The van der Waals surface area contributed by atoms with Crippen molar-refractivity contribution in [3.8, 4) is 0 Å². The summed E-state index contributed by atoms with van der Waals surface area (Å²) in [5, 5.41) is 13.8. The van der Waals surface area contributed by atoms with Crippen molar-refractivity contribution in [2.75, 3.05) is 5.32 Å². The molecule has 0 heterocycles. The number of nitrogens with two attached hydrogens (primary N) is 1. The van der Waals surface area contributed by atoms with E-state index >= 15 is 0 Å². The van der Waals surface area contributed by atoms with Gasteiger partial charge in [-0.05, 0) is 36.2 Å². The van der Waals surface area contributed by atoms with Gasteiger partial charge in [0.15, 0.2) is 0 Å². The Labute approximate surface area is 132 Å². The lowest BCUT2D eigenvalue weighted by Crippen LogP contribution is -2.37. The lowest BCUT2D eigenvalue weighted by atomic mass is 10.1. The van der Waals surface area contributed by atoms with Gasteiger partial charge in [0.05, 0.1) is 11.0 Å². The highest BCUT2D eigenvalue weighted by Gasteiger charge is 2.15. The van der Waals surface area contributed by atoms with Crippen molar-refractivity contribution in [2.24, 2.45) is 5.73 Å². The second-order valence-corrected chi connectivity index (χ2v) is 5.17. The van der Waals surface area contributed by atoms with Crippen LogP contribution in [0.25, 0.3) is 0 Å². The Bertz CT molecular complexity index is 671. The first-order chi connectivity index (χ1) is 10.5. The van der Waals surface area contributed by atoms with E-state index in [1.807, 2.05) is 0 Å². The average Bonchev–Trinajstić information content (AvgIpc) is 2.50. The number of nitro benzene ring substituents is 1. The second kappa shape index (κ2) is 7.02. The molecule has 0 fully saturated rings. The van der Waals surface area contributed by atoms with Crippen LogP contribution in [0, 0.1) is 10.1 Å². The topological polar surface area (TPSA) is 98.3 Å². The molecule has 1 atom stereocenters. The zero-order valence-corrected chi connectivity index (χ0v) is 12.3. The molecule has 0 aromatic heterocycles. The summed E-state index contributed by atoms with van der Waals surface area (Å²) >= 11 is 5.77. The van der Waals surface area contributed by atoms with Crippen LogP contribution in [0.5, 0.6) is 0 Å². The first-order valence-corrected chi connectivity index (χ1v) is 6.89. The average molecular weight is 320 g/mol. The first kappa shape index (κ1) is 15.9. The number of nitrogens with one attached hydrogen (secondary N) is 1. The molecule has 2 aromatic carbocycles. The Balaban J connectivity index is 1.95. The summed E-state index contributed by atoms with van der Waals surface area (Å²) in [5.41, 5.74) is 7.21. The predicted octanol–water partition coefficient (Wildman–Crippen LogP) is 2.76. The SMILES string of the molecule is N[C@H](Cc1ccc([N+](=O)[O-])cc1)C(=O)Nc1ccc(Cl)cc1. The minimum Gasteiger partial charge on any atom is -0.325 e. The molecule has 7 heteroatoms. The summed E-state index contributed by atoms with van der Waals surface area (Å²) in [6.45, 7) is 0. The molecule has 3 N–H and O–H groups in total. The fraction of sp³-hybridized carbons (Fsp3) is 0.133. The van der Waals surface area contributed by atoms with Crippen LogP contribution in [-0.2, 0) is 11.2 Å². The molecule has 114 valence electrons. The summed E-state index contributed by atoms with van der Waals surface area (Å²) in [5.74, 6) is -0.333. The van der Waals surface area contributed by atoms with E-state index in [0.717, 1.165) is 5.56 Å². The maximum atomic E-state index is 12.0. The Kier molecular flexibility index (Phi) is 5.08. The van der Waals surface area contributed by atoms with Crippen molar-refractivity contribution in [2.45, 2.75) is 12.5 Å². The highest BCUT2D eigenvalue weighted by atomic mass is 35.5. The number of nitro groups is 1. The van der Waals surface area contributed by atoms with E-state index in [1.54, 1.807) is 36.4 Å². The molecule has 0 aliphatic heterocycles. The summed E-state index contributed by atoms with van der Waals surface area (Å²) < 4.78 is 0. The third kappa shape index (κ3) is 4.28. The number of hydrogen-bond acceptors (Lipinski definition) is 4. The molecule has 0 aliphatic carbocycles. The lowest BCUT2D eigenvalue weighted by molar-refractivity contribution is -0.384. The number of nitrogens with zero attached hydrogens (tertiary/aromatic N) is 1. The van der Waals surface area contributed by atoms with Crippen LogP contribution < -0.4 is 11.1 Å². The molecule has 22 heavy (non-hydrogen) atoms. The monoisotopic (exact) mass is 319 g/mol. The van der Waals surface area contributed by atoms with Crippen LogP contribution in [0.15, 0.2) is 48.5 Å². The van der Waals surface area contributed by atoms with Gasteiger partial charge in [-0.3, -0.25) is 14.9 Å². The molecule has 1 amide bonds. The molecule has 0 aliphatic rings. The number of amides is 1. The van der Waals surface area contributed by atoms with E-state index in [0.29, 0.717) is 10.7 Å². The van der Waals surface area contributed by atoms with Gasteiger partial charge in [-0.1, -0.05) is 23.7 Å². The number of carbonyl (C=O) groups is 1. The summed E-state index contributed by atoms with van der Waals surface area (Å²) in [6, 6.07) is 11.9. The van der Waals surface area contributed by atoms with Gasteiger partial charge in [0.1, 0.15) is 0 Å². The van der Waals surface area contributed by atoms with Crippen LogP contribution >= 0.6 is 11.6 Å². The molecule has 0 radical (unpaired) electrons. The fourth-order valence-electron chi connectivity index (χ4n) is 1.87. The van der Waals surface area contributed by atoms with Crippen LogP contribution in [0.3, 0.4) is 0 Å². The standard InChI is InChI=1S/C15H14ClN3O3/c16-11-3-5-12(6-4-11)18-15(20)14(17)9-10-1-7-13(8-2-10)19(21)22/h1-8,14H,9,17H2,(H,18,20)/t14-/m1/s1. The van der Waals surface area contributed by atoms with E-state index in [-0.39, 0.29) is 18.0 Å². The van der Waals surface area contributed by atoms with E-state index in [4.69, 9.17) is 17.3 Å². The second-order valence-electron chi connectivity index (χ2n) is 4.73. The Morgan fingerprint density at radius 3 is 2.32 bits per heavy atom. The Hall–Kier alpha value is -2.44. The van der Waals surface area contributed by atoms with E-state index < -0.39 is 11.0 Å². The molecular formula is C15H14ClN3O3. The quantitative estimate of drug-likeness (QED) is 0.654. The molecule has 0 saturated carbocycles. The lowest BCUT2D eigenvalue weighted by Gasteiger charge is -2.12. The molecule has 0 bridgehead atoms. The summed E-state index contributed by atoms with van der Waals surface area (Å²) in [6.07, 6.45) is 0.289. The van der Waals surface area contributed by atoms with Crippen molar-refractivity contribution in [1.29, 1.82) is 0 Å². The number of anilines is 1.